The molecule has 0 radical (unpaired) electrons. The summed E-state index contributed by atoms with van der Waals surface area (Å²) < 4.78 is 45.4. The van der Waals surface area contributed by atoms with E-state index < -0.39 is 10.4 Å². The first-order valence-electron chi connectivity index (χ1n) is 7.78. The molecule has 0 heterocycles. The van der Waals surface area contributed by atoms with E-state index in [1.165, 1.54) is 0 Å². The van der Waals surface area contributed by atoms with Crippen LogP contribution in [0.5, 0.6) is 11.5 Å². The van der Waals surface area contributed by atoms with E-state index in [0.717, 1.165) is 11.1 Å². The molecule has 2 rings (SSSR count). The Hall–Kier alpha value is -0.390. The molecule has 0 atom stereocenters. The zero-order chi connectivity index (χ0) is 18.8. The molecule has 140 valence electrons. The molecule has 0 amide bonds. The van der Waals surface area contributed by atoms with Crippen LogP contribution in [-0.2, 0) is 14.6 Å². The quantitative estimate of drug-likeness (QED) is 0.124. The molecule has 0 aliphatic heterocycles. The van der Waals surface area contributed by atoms with Crippen molar-refractivity contribution < 1.29 is 90.8 Å². The molecule has 0 aliphatic carbocycles. The van der Waals surface area contributed by atoms with Crippen LogP contribution in [0.2, 0.25) is 0 Å². The first-order chi connectivity index (χ1) is 12.5. The molecule has 0 bridgehead atoms. The summed E-state index contributed by atoms with van der Waals surface area (Å²) in [7, 11) is -4.69. The average Bonchev–Trinajstić information content (AvgIpc) is 2.63. The minimum atomic E-state index is -4.69. The van der Waals surface area contributed by atoms with Gasteiger partial charge in [0.05, 0.1) is 13.2 Å². The van der Waals surface area contributed by atoms with Gasteiger partial charge < -0.3 is 19.1 Å². The van der Waals surface area contributed by atoms with Crippen molar-refractivity contribution in [2.45, 2.75) is 0 Å². The first-order valence-corrected chi connectivity index (χ1v) is 9.12. The van der Waals surface area contributed by atoms with E-state index in [9.17, 15) is 18.1 Å². The molecular weight excluding hydrogens is 406 g/mol. The van der Waals surface area contributed by atoms with E-state index in [1.807, 2.05) is 36.4 Å². The zero-order valence-electron chi connectivity index (χ0n) is 15.9. The summed E-state index contributed by atoms with van der Waals surface area (Å²) in [6, 6.07) is 14.5. The van der Waals surface area contributed by atoms with Gasteiger partial charge in [0.15, 0.2) is 0 Å². The van der Waals surface area contributed by atoms with Crippen LogP contribution in [0.15, 0.2) is 48.5 Å². The number of hydrogen-bond acceptors (Lipinski definition) is 7. The van der Waals surface area contributed by atoms with E-state index in [2.05, 4.69) is 4.18 Å². The van der Waals surface area contributed by atoms with Gasteiger partial charge in [-0.05, 0) is 35.4 Å². The minimum Gasteiger partial charge on any atom is -0.852 e. The summed E-state index contributed by atoms with van der Waals surface area (Å²) in [6.45, 7) is -0.492. The molecule has 28 heavy (non-hydrogen) atoms. The molecule has 0 spiro atoms. The number of benzene rings is 2. The molecule has 2 aromatic rings. The van der Waals surface area contributed by atoms with E-state index in [4.69, 9.17) is 9.47 Å². The maximum absolute atomic E-state index is 10.4. The van der Waals surface area contributed by atoms with Crippen LogP contribution in [0.3, 0.4) is 0 Å². The summed E-state index contributed by atoms with van der Waals surface area (Å²) >= 11 is 0. The van der Waals surface area contributed by atoms with Crippen LogP contribution >= 0.6 is 0 Å². The van der Waals surface area contributed by atoms with Gasteiger partial charge in [0.2, 0.25) is 10.4 Å². The summed E-state index contributed by atoms with van der Waals surface area (Å²) in [5, 5.41) is 10.4. The van der Waals surface area contributed by atoms with Gasteiger partial charge in [-0.2, -0.15) is 0 Å². The Morgan fingerprint density at radius 2 is 1.18 bits per heavy atom. The van der Waals surface area contributed by atoms with Gasteiger partial charge in [-0.3, -0.25) is 4.18 Å². The van der Waals surface area contributed by atoms with E-state index in [-0.39, 0.29) is 85.5 Å². The van der Waals surface area contributed by atoms with Gasteiger partial charge in [0, 0.05) is 0 Å². The number of ether oxygens (including phenoxy) is 2. The van der Waals surface area contributed by atoms with E-state index >= 15 is 0 Å². The van der Waals surface area contributed by atoms with Crippen molar-refractivity contribution >= 4 is 22.6 Å². The molecule has 0 N–H and O–H groups in total. The summed E-state index contributed by atoms with van der Waals surface area (Å²) in [5.41, 5.74) is 1.93. The zero-order valence-corrected chi connectivity index (χ0v) is 20.7. The largest absolute Gasteiger partial charge is 1.00 e. The van der Waals surface area contributed by atoms with Gasteiger partial charge >= 0.3 is 59.1 Å². The molecule has 0 fully saturated rings. The van der Waals surface area contributed by atoms with Gasteiger partial charge in [-0.1, -0.05) is 36.4 Å². The van der Waals surface area contributed by atoms with Gasteiger partial charge in [-0.15, -0.1) is 6.61 Å². The minimum absolute atomic E-state index is 0. The topological polar surface area (TPSA) is 108 Å². The van der Waals surface area contributed by atoms with Crippen molar-refractivity contribution in [2.24, 2.45) is 0 Å². The smallest absolute Gasteiger partial charge is 0.852 e. The van der Waals surface area contributed by atoms with Crippen molar-refractivity contribution in [3.8, 4) is 11.5 Å². The molecule has 2 aromatic carbocycles. The van der Waals surface area contributed by atoms with E-state index in [1.54, 1.807) is 24.3 Å². The van der Waals surface area contributed by atoms with Crippen molar-refractivity contribution in [1.29, 1.82) is 0 Å². The van der Waals surface area contributed by atoms with Gasteiger partial charge in [0.25, 0.3) is 0 Å². The Bertz CT molecular complexity index is 807. The molecule has 0 saturated carbocycles. The normalized spacial score (nSPS) is 10.8. The van der Waals surface area contributed by atoms with Crippen LogP contribution in [0, 0.1) is 0 Å². The maximum Gasteiger partial charge on any atom is 1.00 e. The second kappa shape index (κ2) is 14.6. The standard InChI is InChI=1S/C18H19O7S.2Na/c19-11-12-23-17-7-3-15(4-8-17)1-2-16-5-9-18(10-6-16)24-13-14-25-26(20,21)22;;/h1-10H,11-14H2,(H,20,21,22);;/q-1;2*+1/p-1/b2-1+;;. The van der Waals surface area contributed by atoms with Crippen molar-refractivity contribution in [1.82, 2.24) is 0 Å². The number of hydrogen-bond donors (Lipinski definition) is 0. The molecule has 0 unspecified atom stereocenters. The molecule has 10 heteroatoms. The fourth-order valence-corrected chi connectivity index (χ4v) is 2.27. The molecule has 0 saturated heterocycles. The van der Waals surface area contributed by atoms with Gasteiger partial charge in [-0.25, -0.2) is 8.42 Å². The Morgan fingerprint density at radius 1 is 0.750 bits per heavy atom. The van der Waals surface area contributed by atoms with Gasteiger partial charge in [0.1, 0.15) is 18.1 Å². The predicted molar refractivity (Wildman–Crippen MR) is 93.3 cm³/mol. The Morgan fingerprint density at radius 3 is 1.57 bits per heavy atom. The van der Waals surface area contributed by atoms with Crippen LogP contribution < -0.4 is 73.7 Å². The molecule has 0 aliphatic rings. The molecule has 7 nitrogen and oxygen atoms in total. The third-order valence-corrected chi connectivity index (χ3v) is 3.62. The summed E-state index contributed by atoms with van der Waals surface area (Å²) in [4.78, 5) is 0. The van der Waals surface area contributed by atoms with Crippen LogP contribution in [0.25, 0.3) is 12.2 Å². The Labute approximate surface area is 209 Å². The average molecular weight is 424 g/mol. The number of rotatable bonds is 10. The first kappa shape index (κ1) is 27.6. The Kier molecular flexibility index (Phi) is 14.4. The Balaban J connectivity index is 0.00000364. The third kappa shape index (κ3) is 11.6. The van der Waals surface area contributed by atoms with E-state index in [0.29, 0.717) is 11.5 Å². The van der Waals surface area contributed by atoms with Crippen LogP contribution in [0.1, 0.15) is 11.1 Å². The van der Waals surface area contributed by atoms with Crippen molar-refractivity contribution in [3.63, 3.8) is 0 Å². The van der Waals surface area contributed by atoms with Crippen molar-refractivity contribution in [2.75, 3.05) is 26.4 Å². The fourth-order valence-electron chi connectivity index (χ4n) is 2.00. The summed E-state index contributed by atoms with van der Waals surface area (Å²) in [5.74, 6) is 1.20. The predicted octanol–water partition coefficient (Wildman–Crippen LogP) is -4.54. The van der Waals surface area contributed by atoms with Crippen LogP contribution in [0.4, 0.5) is 0 Å². The molecular formula is C18H18Na2O7S. The fraction of sp³-hybridized carbons (Fsp3) is 0.222. The second-order valence-corrected chi connectivity index (χ2v) is 6.15. The maximum atomic E-state index is 10.4. The molecule has 0 aromatic heterocycles. The second-order valence-electron chi connectivity index (χ2n) is 5.10. The monoisotopic (exact) mass is 424 g/mol. The SMILES string of the molecule is O=S(=O)([O-])OCCOc1ccc(/C=C/c2ccc(OCC[O-])cc2)cc1.[Na+].[Na+]. The third-order valence-electron chi connectivity index (χ3n) is 3.16. The summed E-state index contributed by atoms with van der Waals surface area (Å²) in [6.07, 6.45) is 3.85. The van der Waals surface area contributed by atoms with Crippen LogP contribution in [-0.4, -0.2) is 39.4 Å². The van der Waals surface area contributed by atoms with Crippen molar-refractivity contribution in [3.05, 3.63) is 59.7 Å².